The van der Waals surface area contributed by atoms with Gasteiger partial charge in [0, 0.05) is 32.8 Å². The topological polar surface area (TPSA) is 68.5 Å². The third kappa shape index (κ3) is 4.43. The maximum absolute atomic E-state index is 9.39. The van der Waals surface area contributed by atoms with E-state index in [9.17, 15) is 10.4 Å². The van der Waals surface area contributed by atoms with Crippen LogP contribution >= 0.6 is 0 Å². The Bertz CT molecular complexity index is 495. The molecule has 0 unspecified atom stereocenters. The number of nitriles is 1. The lowest BCUT2D eigenvalue weighted by molar-refractivity contribution is 0.199. The zero-order valence-corrected chi connectivity index (χ0v) is 12.5. The van der Waals surface area contributed by atoms with Crippen molar-refractivity contribution in [2.45, 2.75) is 25.4 Å². The lowest BCUT2D eigenvalue weighted by Crippen LogP contribution is -2.29. The number of methoxy groups -OCH3 is 1. The maximum atomic E-state index is 9.39. The highest BCUT2D eigenvalue weighted by Crippen LogP contribution is 2.33. The van der Waals surface area contributed by atoms with Gasteiger partial charge in [0.1, 0.15) is 6.07 Å². The van der Waals surface area contributed by atoms with Crippen LogP contribution in [0.2, 0.25) is 0 Å². The van der Waals surface area contributed by atoms with E-state index in [1.165, 1.54) is 0 Å². The molecule has 2 rings (SSSR count). The molecule has 114 valence electrons. The quantitative estimate of drug-likeness (QED) is 0.670. The molecule has 5 heteroatoms. The number of benzene rings is 1. The van der Waals surface area contributed by atoms with Crippen LogP contribution in [0.15, 0.2) is 18.2 Å². The average molecular weight is 289 g/mol. The van der Waals surface area contributed by atoms with Crippen molar-refractivity contribution in [3.8, 4) is 6.07 Å². The Hall–Kier alpha value is -1.61. The lowest BCUT2D eigenvalue weighted by atomic mass is 10.1. The Balaban J connectivity index is 2.06. The summed E-state index contributed by atoms with van der Waals surface area (Å²) in [6.07, 6.45) is 2.29. The Kier molecular flexibility index (Phi) is 6.00. The van der Waals surface area contributed by atoms with E-state index in [1.54, 1.807) is 7.11 Å². The number of nitrogens with one attached hydrogen (secondary N) is 1. The van der Waals surface area contributed by atoms with Gasteiger partial charge in [-0.1, -0.05) is 6.07 Å². The number of hydrogen-bond donors (Lipinski definition) is 2. The summed E-state index contributed by atoms with van der Waals surface area (Å²) in [5.74, 6) is 0. The van der Waals surface area contributed by atoms with E-state index in [0.29, 0.717) is 24.8 Å². The van der Waals surface area contributed by atoms with Crippen LogP contribution in [0.4, 0.5) is 5.69 Å². The monoisotopic (exact) mass is 289 g/mol. The average Bonchev–Trinajstić information content (AvgIpc) is 3.34. The second kappa shape index (κ2) is 7.99. The number of nitrogens with zero attached hydrogens (tertiary/aromatic N) is 2. The highest BCUT2D eigenvalue weighted by molar-refractivity contribution is 5.61. The van der Waals surface area contributed by atoms with Crippen LogP contribution in [0.1, 0.15) is 24.0 Å². The maximum Gasteiger partial charge on any atom is 0.101 e. The Morgan fingerprint density at radius 2 is 2.29 bits per heavy atom. The molecule has 0 aromatic heterocycles. The fourth-order valence-corrected chi connectivity index (χ4v) is 2.43. The highest BCUT2D eigenvalue weighted by atomic mass is 16.5. The van der Waals surface area contributed by atoms with Crippen molar-refractivity contribution in [2.75, 3.05) is 38.3 Å². The molecule has 1 aromatic rings. The molecule has 5 nitrogen and oxygen atoms in total. The fraction of sp³-hybridized carbons (Fsp3) is 0.562. The van der Waals surface area contributed by atoms with E-state index in [0.717, 1.165) is 37.2 Å². The predicted molar refractivity (Wildman–Crippen MR) is 82.2 cm³/mol. The van der Waals surface area contributed by atoms with Crippen molar-refractivity contribution in [1.29, 1.82) is 5.26 Å². The SMILES string of the molecule is COCCNCc1ccc(N(CCO)C2CC2)c(C#N)c1. The van der Waals surface area contributed by atoms with Crippen molar-refractivity contribution in [1.82, 2.24) is 5.32 Å². The summed E-state index contributed by atoms with van der Waals surface area (Å²) in [6, 6.07) is 8.74. The Labute approximate surface area is 126 Å². The van der Waals surface area contributed by atoms with Gasteiger partial charge in [-0.2, -0.15) is 5.26 Å². The highest BCUT2D eigenvalue weighted by Gasteiger charge is 2.30. The molecule has 1 aromatic carbocycles. The van der Waals surface area contributed by atoms with Crippen molar-refractivity contribution in [3.63, 3.8) is 0 Å². The minimum Gasteiger partial charge on any atom is -0.395 e. The van der Waals surface area contributed by atoms with Crippen LogP contribution in [0.3, 0.4) is 0 Å². The van der Waals surface area contributed by atoms with Gasteiger partial charge in [0.15, 0.2) is 0 Å². The lowest BCUT2D eigenvalue weighted by Gasteiger charge is -2.25. The number of hydrogen-bond acceptors (Lipinski definition) is 5. The van der Waals surface area contributed by atoms with Crippen LogP contribution in [-0.4, -0.2) is 44.6 Å². The predicted octanol–water partition coefficient (Wildman–Crippen LogP) is 1.26. The summed E-state index contributed by atoms with van der Waals surface area (Å²) in [4.78, 5) is 2.15. The number of aliphatic hydroxyl groups excluding tert-OH is 1. The zero-order chi connectivity index (χ0) is 15.1. The van der Waals surface area contributed by atoms with E-state index in [2.05, 4.69) is 16.3 Å². The molecule has 2 N–H and O–H groups in total. The van der Waals surface area contributed by atoms with Crippen molar-refractivity contribution >= 4 is 5.69 Å². The molecular weight excluding hydrogens is 266 g/mol. The van der Waals surface area contributed by atoms with Crippen molar-refractivity contribution < 1.29 is 9.84 Å². The molecule has 1 fully saturated rings. The zero-order valence-electron chi connectivity index (χ0n) is 12.5. The molecule has 0 spiro atoms. The van der Waals surface area contributed by atoms with Gasteiger partial charge >= 0.3 is 0 Å². The molecule has 21 heavy (non-hydrogen) atoms. The molecular formula is C16H23N3O2. The second-order valence-electron chi connectivity index (χ2n) is 5.28. The summed E-state index contributed by atoms with van der Waals surface area (Å²) < 4.78 is 4.99. The van der Waals surface area contributed by atoms with E-state index >= 15 is 0 Å². The summed E-state index contributed by atoms with van der Waals surface area (Å²) in [7, 11) is 1.68. The normalized spacial score (nSPS) is 14.0. The summed E-state index contributed by atoms with van der Waals surface area (Å²) in [5, 5.41) is 21.9. The van der Waals surface area contributed by atoms with Gasteiger partial charge in [0.25, 0.3) is 0 Å². The van der Waals surface area contributed by atoms with Crippen LogP contribution < -0.4 is 10.2 Å². The van der Waals surface area contributed by atoms with Gasteiger partial charge < -0.3 is 20.1 Å². The third-order valence-electron chi connectivity index (χ3n) is 3.63. The molecule has 1 aliphatic rings. The van der Waals surface area contributed by atoms with Gasteiger partial charge in [-0.15, -0.1) is 0 Å². The number of ether oxygens (including phenoxy) is 1. The number of rotatable bonds is 9. The van der Waals surface area contributed by atoms with E-state index < -0.39 is 0 Å². The first kappa shape index (κ1) is 15.8. The van der Waals surface area contributed by atoms with Crippen LogP contribution in [0.5, 0.6) is 0 Å². The van der Waals surface area contributed by atoms with Crippen LogP contribution in [0.25, 0.3) is 0 Å². The molecule has 0 saturated heterocycles. The largest absolute Gasteiger partial charge is 0.395 e. The minimum absolute atomic E-state index is 0.113. The van der Waals surface area contributed by atoms with Crippen molar-refractivity contribution in [3.05, 3.63) is 29.3 Å². The smallest absolute Gasteiger partial charge is 0.101 e. The van der Waals surface area contributed by atoms with E-state index in [1.807, 2.05) is 18.2 Å². The summed E-state index contributed by atoms with van der Waals surface area (Å²) >= 11 is 0. The van der Waals surface area contributed by atoms with Gasteiger partial charge in [0.2, 0.25) is 0 Å². The van der Waals surface area contributed by atoms with E-state index in [4.69, 9.17) is 4.74 Å². The van der Waals surface area contributed by atoms with Gasteiger partial charge in [-0.05, 0) is 30.5 Å². The Morgan fingerprint density at radius 3 is 2.90 bits per heavy atom. The molecule has 0 heterocycles. The van der Waals surface area contributed by atoms with Crippen LogP contribution in [0, 0.1) is 11.3 Å². The fourth-order valence-electron chi connectivity index (χ4n) is 2.43. The first-order valence-corrected chi connectivity index (χ1v) is 7.40. The minimum atomic E-state index is 0.113. The third-order valence-corrected chi connectivity index (χ3v) is 3.63. The molecule has 0 atom stereocenters. The summed E-state index contributed by atoms with van der Waals surface area (Å²) in [5.41, 5.74) is 2.71. The molecule has 0 bridgehead atoms. The molecule has 0 amide bonds. The molecule has 0 aliphatic heterocycles. The first-order chi connectivity index (χ1) is 10.3. The first-order valence-electron chi connectivity index (χ1n) is 7.40. The number of aliphatic hydroxyl groups is 1. The van der Waals surface area contributed by atoms with Gasteiger partial charge in [-0.25, -0.2) is 0 Å². The Morgan fingerprint density at radius 1 is 1.48 bits per heavy atom. The standard InChI is InChI=1S/C16H23N3O2/c1-21-9-6-18-12-13-2-5-16(14(10-13)11-17)19(7-8-20)15-3-4-15/h2,5,10,15,18,20H,3-4,6-9,12H2,1H3. The van der Waals surface area contributed by atoms with Crippen LogP contribution in [-0.2, 0) is 11.3 Å². The van der Waals surface area contributed by atoms with Gasteiger partial charge in [-0.3, -0.25) is 0 Å². The van der Waals surface area contributed by atoms with Gasteiger partial charge in [0.05, 0.1) is 24.5 Å². The summed E-state index contributed by atoms with van der Waals surface area (Å²) in [6.45, 7) is 2.89. The van der Waals surface area contributed by atoms with Crippen molar-refractivity contribution in [2.24, 2.45) is 0 Å². The molecule has 0 radical (unpaired) electrons. The molecule has 1 saturated carbocycles. The second-order valence-corrected chi connectivity index (χ2v) is 5.28. The number of anilines is 1. The molecule has 1 aliphatic carbocycles. The van der Waals surface area contributed by atoms with E-state index in [-0.39, 0.29) is 6.61 Å².